The fourth-order valence-corrected chi connectivity index (χ4v) is 2.29. The van der Waals surface area contributed by atoms with E-state index in [4.69, 9.17) is 11.5 Å². The van der Waals surface area contributed by atoms with Crippen LogP contribution in [0.3, 0.4) is 0 Å². The Bertz CT molecular complexity index is 309. The summed E-state index contributed by atoms with van der Waals surface area (Å²) in [5.74, 6) is 0.983. The van der Waals surface area contributed by atoms with Gasteiger partial charge in [0, 0.05) is 0 Å². The van der Waals surface area contributed by atoms with Crippen molar-refractivity contribution >= 4 is 0 Å². The van der Waals surface area contributed by atoms with E-state index in [2.05, 4.69) is 39.0 Å². The van der Waals surface area contributed by atoms with Crippen molar-refractivity contribution in [2.24, 2.45) is 23.3 Å². The van der Waals surface area contributed by atoms with E-state index in [1.165, 1.54) is 16.7 Å². The molecule has 1 rings (SSSR count). The summed E-state index contributed by atoms with van der Waals surface area (Å²) < 4.78 is 0. The van der Waals surface area contributed by atoms with Crippen molar-refractivity contribution in [1.29, 1.82) is 0 Å². The third-order valence-electron chi connectivity index (χ3n) is 3.25. The lowest BCUT2D eigenvalue weighted by atomic mass is 9.87. The summed E-state index contributed by atoms with van der Waals surface area (Å²) in [6.07, 6.45) is 1.07. The van der Waals surface area contributed by atoms with Gasteiger partial charge in [-0.25, -0.2) is 0 Å². The first-order chi connectivity index (χ1) is 7.56. The Morgan fingerprint density at radius 3 is 1.94 bits per heavy atom. The van der Waals surface area contributed by atoms with Crippen LogP contribution < -0.4 is 11.5 Å². The molecule has 0 spiro atoms. The van der Waals surface area contributed by atoms with E-state index in [9.17, 15) is 0 Å². The van der Waals surface area contributed by atoms with Gasteiger partial charge in [0.15, 0.2) is 0 Å². The summed E-state index contributed by atoms with van der Waals surface area (Å²) in [6.45, 7) is 7.89. The van der Waals surface area contributed by atoms with Gasteiger partial charge in [-0.2, -0.15) is 0 Å². The monoisotopic (exact) mass is 220 g/mol. The summed E-state index contributed by atoms with van der Waals surface area (Å²) in [5.41, 5.74) is 15.5. The summed E-state index contributed by atoms with van der Waals surface area (Å²) in [6, 6.07) is 6.72. The molecule has 0 saturated heterocycles. The molecule has 0 aliphatic heterocycles. The third-order valence-corrected chi connectivity index (χ3v) is 3.25. The molecule has 16 heavy (non-hydrogen) atoms. The van der Waals surface area contributed by atoms with E-state index >= 15 is 0 Å². The molecule has 2 nitrogen and oxygen atoms in total. The Morgan fingerprint density at radius 2 is 1.50 bits per heavy atom. The molecule has 0 fully saturated rings. The van der Waals surface area contributed by atoms with Crippen molar-refractivity contribution in [2.45, 2.75) is 27.2 Å². The lowest BCUT2D eigenvalue weighted by Crippen LogP contribution is -2.30. The predicted molar refractivity (Wildman–Crippen MR) is 70.4 cm³/mol. The molecule has 0 saturated carbocycles. The van der Waals surface area contributed by atoms with Crippen LogP contribution in [0.5, 0.6) is 0 Å². The molecular formula is C14H24N2. The average Bonchev–Trinajstić information content (AvgIpc) is 2.17. The molecule has 0 heterocycles. The van der Waals surface area contributed by atoms with E-state index in [-0.39, 0.29) is 0 Å². The van der Waals surface area contributed by atoms with Crippen LogP contribution >= 0.6 is 0 Å². The number of hydrogen-bond donors (Lipinski definition) is 2. The maximum absolute atomic E-state index is 5.72. The summed E-state index contributed by atoms with van der Waals surface area (Å²) in [7, 11) is 0. The Balaban J connectivity index is 2.72. The Morgan fingerprint density at radius 1 is 1.00 bits per heavy atom. The smallest absolute Gasteiger partial charge is 0.00341 e. The van der Waals surface area contributed by atoms with Gasteiger partial charge in [0.25, 0.3) is 0 Å². The van der Waals surface area contributed by atoms with Crippen molar-refractivity contribution in [3.63, 3.8) is 0 Å². The van der Waals surface area contributed by atoms with E-state index in [1.54, 1.807) is 0 Å². The van der Waals surface area contributed by atoms with Gasteiger partial charge in [0.2, 0.25) is 0 Å². The molecule has 0 radical (unpaired) electrons. The van der Waals surface area contributed by atoms with Crippen LogP contribution in [0.15, 0.2) is 18.2 Å². The zero-order valence-corrected chi connectivity index (χ0v) is 10.7. The van der Waals surface area contributed by atoms with Gasteiger partial charge >= 0.3 is 0 Å². The highest BCUT2D eigenvalue weighted by atomic mass is 14.6. The van der Waals surface area contributed by atoms with Gasteiger partial charge < -0.3 is 11.5 Å². The van der Waals surface area contributed by atoms with Gasteiger partial charge in [-0.3, -0.25) is 0 Å². The first kappa shape index (κ1) is 13.2. The fraction of sp³-hybridized carbons (Fsp3) is 0.571. The molecule has 0 aliphatic rings. The maximum atomic E-state index is 5.72. The molecule has 0 amide bonds. The van der Waals surface area contributed by atoms with Gasteiger partial charge in [0.1, 0.15) is 0 Å². The van der Waals surface area contributed by atoms with E-state index < -0.39 is 0 Å². The Labute approximate surface area is 99.0 Å². The highest BCUT2D eigenvalue weighted by Gasteiger charge is 2.14. The van der Waals surface area contributed by atoms with Crippen molar-refractivity contribution in [3.8, 4) is 0 Å². The fourth-order valence-electron chi connectivity index (χ4n) is 2.29. The minimum Gasteiger partial charge on any atom is -0.330 e. The summed E-state index contributed by atoms with van der Waals surface area (Å²) in [4.78, 5) is 0. The maximum Gasteiger partial charge on any atom is -0.00341 e. The number of rotatable bonds is 5. The molecule has 0 aliphatic carbocycles. The molecule has 1 atom stereocenters. The molecule has 1 aromatic carbocycles. The van der Waals surface area contributed by atoms with Gasteiger partial charge in [0.05, 0.1) is 0 Å². The van der Waals surface area contributed by atoms with Crippen LogP contribution in [0.25, 0.3) is 0 Å². The van der Waals surface area contributed by atoms with E-state index in [0.29, 0.717) is 24.9 Å². The van der Waals surface area contributed by atoms with Crippen LogP contribution in [-0.4, -0.2) is 13.1 Å². The van der Waals surface area contributed by atoms with Crippen molar-refractivity contribution in [1.82, 2.24) is 0 Å². The largest absolute Gasteiger partial charge is 0.330 e. The van der Waals surface area contributed by atoms with Crippen LogP contribution in [0, 0.1) is 25.7 Å². The third kappa shape index (κ3) is 3.62. The number of benzene rings is 1. The van der Waals surface area contributed by atoms with Gasteiger partial charge in [-0.15, -0.1) is 0 Å². The molecule has 2 heteroatoms. The minimum atomic E-state index is 0.431. The molecular weight excluding hydrogens is 196 g/mol. The van der Waals surface area contributed by atoms with Crippen LogP contribution in [0.1, 0.15) is 23.6 Å². The Kier molecular flexibility index (Phi) is 4.97. The van der Waals surface area contributed by atoms with Crippen LogP contribution in [-0.2, 0) is 6.42 Å². The van der Waals surface area contributed by atoms with Crippen molar-refractivity contribution in [2.75, 3.05) is 13.1 Å². The number of aryl methyl sites for hydroxylation is 2. The molecule has 0 bridgehead atoms. The first-order valence-electron chi connectivity index (χ1n) is 6.04. The second-order valence-electron chi connectivity index (χ2n) is 4.91. The lowest BCUT2D eigenvalue weighted by Gasteiger charge is -2.21. The second kappa shape index (κ2) is 6.02. The topological polar surface area (TPSA) is 52.0 Å². The normalized spacial score (nSPS) is 13.1. The summed E-state index contributed by atoms with van der Waals surface area (Å²) >= 11 is 0. The first-order valence-corrected chi connectivity index (χ1v) is 6.04. The van der Waals surface area contributed by atoms with Crippen LogP contribution in [0.2, 0.25) is 0 Å². The lowest BCUT2D eigenvalue weighted by molar-refractivity contribution is 0.372. The van der Waals surface area contributed by atoms with Crippen molar-refractivity contribution in [3.05, 3.63) is 34.9 Å². The second-order valence-corrected chi connectivity index (χ2v) is 4.91. The van der Waals surface area contributed by atoms with E-state index in [1.807, 2.05) is 0 Å². The quantitative estimate of drug-likeness (QED) is 0.797. The standard InChI is InChI=1S/C14H24N2/c1-10-4-11(2)6-13(5-10)7-12(3)14(8-15)9-16/h4-6,12,14H,7-9,15-16H2,1-3H3. The number of nitrogens with two attached hydrogens (primary N) is 2. The predicted octanol–water partition coefficient (Wildman–Crippen LogP) is 2.02. The van der Waals surface area contributed by atoms with Crippen LogP contribution in [0.4, 0.5) is 0 Å². The SMILES string of the molecule is Cc1cc(C)cc(CC(C)C(CN)CN)c1. The zero-order chi connectivity index (χ0) is 12.1. The summed E-state index contributed by atoms with van der Waals surface area (Å²) in [5, 5.41) is 0. The zero-order valence-electron chi connectivity index (χ0n) is 10.7. The Hall–Kier alpha value is -0.860. The molecule has 4 N–H and O–H groups in total. The van der Waals surface area contributed by atoms with Gasteiger partial charge in [-0.1, -0.05) is 36.2 Å². The van der Waals surface area contributed by atoms with Gasteiger partial charge in [-0.05, 0) is 50.8 Å². The highest BCUT2D eigenvalue weighted by molar-refractivity contribution is 5.28. The molecule has 0 aromatic heterocycles. The molecule has 1 unspecified atom stereocenters. The van der Waals surface area contributed by atoms with Crippen molar-refractivity contribution < 1.29 is 0 Å². The van der Waals surface area contributed by atoms with E-state index in [0.717, 1.165) is 6.42 Å². The highest BCUT2D eigenvalue weighted by Crippen LogP contribution is 2.18. The number of hydrogen-bond acceptors (Lipinski definition) is 2. The average molecular weight is 220 g/mol. The molecule has 1 aromatic rings. The minimum absolute atomic E-state index is 0.431. The molecule has 90 valence electrons.